The molecule has 0 aromatic carbocycles. The summed E-state index contributed by atoms with van der Waals surface area (Å²) in [5.74, 6) is 5.98. The van der Waals surface area contributed by atoms with Crippen LogP contribution in [0.4, 0.5) is 0 Å². The van der Waals surface area contributed by atoms with Crippen molar-refractivity contribution < 1.29 is 9.53 Å². The summed E-state index contributed by atoms with van der Waals surface area (Å²) >= 11 is 0. The normalized spacial score (nSPS) is 34.3. The van der Waals surface area contributed by atoms with Crippen LogP contribution in [0, 0.1) is 52.3 Å². The van der Waals surface area contributed by atoms with Gasteiger partial charge in [-0.05, 0) is 137 Å². The van der Waals surface area contributed by atoms with Crippen LogP contribution in [-0.4, -0.2) is 12.1 Å². The standard InChI is InChI=1S/C45H80O2/c1-7-8-9-10-11-12-13-14-15-16-17-18-19-20-21-28-43(46)47-42-27-23-26-37-29-30-38-40-32-31-39(36(4)25-22-24-35(2)3)44(40,5)34-33-41(38)45(37,42)6/h14-15,35-42H,7-13,16-34H2,1-6H3/b15-14+/t36-,37+,38+,39-,40+,41+,42?,44-,45+/m1/s1. The van der Waals surface area contributed by atoms with E-state index >= 15 is 0 Å². The number of unbranched alkanes of at least 4 members (excludes halogenated alkanes) is 11. The third-order valence-electron chi connectivity index (χ3n) is 14.8. The van der Waals surface area contributed by atoms with Crippen molar-refractivity contribution in [3.05, 3.63) is 12.2 Å². The topological polar surface area (TPSA) is 26.3 Å². The Kier molecular flexibility index (Phi) is 16.2. The number of rotatable bonds is 21. The monoisotopic (exact) mass is 653 g/mol. The fourth-order valence-electron chi connectivity index (χ4n) is 12.1. The highest BCUT2D eigenvalue weighted by molar-refractivity contribution is 5.69. The Hall–Kier alpha value is -0.790. The zero-order valence-electron chi connectivity index (χ0n) is 32.5. The molecule has 272 valence electrons. The van der Waals surface area contributed by atoms with Gasteiger partial charge in [-0.2, -0.15) is 0 Å². The van der Waals surface area contributed by atoms with Gasteiger partial charge in [0.05, 0.1) is 0 Å². The molecule has 2 heteroatoms. The molecule has 4 aliphatic carbocycles. The van der Waals surface area contributed by atoms with Crippen molar-refractivity contribution in [2.45, 2.75) is 215 Å². The molecule has 1 unspecified atom stereocenters. The van der Waals surface area contributed by atoms with Crippen molar-refractivity contribution >= 4 is 5.97 Å². The molecule has 0 heterocycles. The number of ether oxygens (including phenoxy) is 1. The fraction of sp³-hybridized carbons (Fsp3) is 0.933. The second-order valence-corrected chi connectivity index (χ2v) is 18.3. The summed E-state index contributed by atoms with van der Waals surface area (Å²) in [5, 5.41) is 0. The number of hydrogen-bond acceptors (Lipinski definition) is 2. The number of allylic oxidation sites excluding steroid dienone is 2. The van der Waals surface area contributed by atoms with Crippen LogP contribution < -0.4 is 0 Å². The van der Waals surface area contributed by atoms with Crippen LogP contribution >= 0.6 is 0 Å². The van der Waals surface area contributed by atoms with Gasteiger partial charge in [0.15, 0.2) is 0 Å². The molecule has 47 heavy (non-hydrogen) atoms. The van der Waals surface area contributed by atoms with E-state index in [1.165, 1.54) is 148 Å². The summed E-state index contributed by atoms with van der Waals surface area (Å²) in [6.07, 6.45) is 38.9. The Labute approximate surface area is 293 Å². The molecule has 4 aliphatic rings. The number of esters is 1. The first-order valence-corrected chi connectivity index (χ1v) is 21.6. The number of fused-ring (bicyclic) bond motifs is 5. The van der Waals surface area contributed by atoms with Crippen LogP contribution in [0.2, 0.25) is 0 Å². The van der Waals surface area contributed by atoms with Gasteiger partial charge < -0.3 is 4.74 Å². The first-order chi connectivity index (χ1) is 22.7. The quantitative estimate of drug-likeness (QED) is 0.0700. The van der Waals surface area contributed by atoms with Gasteiger partial charge in [0.2, 0.25) is 0 Å². The van der Waals surface area contributed by atoms with E-state index in [4.69, 9.17) is 4.74 Å². The molecule has 0 aromatic rings. The van der Waals surface area contributed by atoms with Crippen LogP contribution in [-0.2, 0) is 9.53 Å². The summed E-state index contributed by atoms with van der Waals surface area (Å²) in [5.41, 5.74) is 0.730. The fourth-order valence-corrected chi connectivity index (χ4v) is 12.1. The molecule has 4 rings (SSSR count). The van der Waals surface area contributed by atoms with Crippen molar-refractivity contribution in [1.29, 1.82) is 0 Å². The van der Waals surface area contributed by atoms with E-state index in [0.717, 1.165) is 54.3 Å². The lowest BCUT2D eigenvalue weighted by Gasteiger charge is -2.62. The summed E-state index contributed by atoms with van der Waals surface area (Å²) in [6, 6.07) is 0. The summed E-state index contributed by atoms with van der Waals surface area (Å²) in [4.78, 5) is 13.3. The number of carbonyl (C=O) groups is 1. The Balaban J connectivity index is 1.18. The molecule has 0 aliphatic heterocycles. The molecule has 0 bridgehead atoms. The lowest BCUT2D eigenvalue weighted by molar-refractivity contribution is -0.192. The maximum absolute atomic E-state index is 13.3. The molecule has 0 radical (unpaired) electrons. The second-order valence-electron chi connectivity index (χ2n) is 18.3. The molecule has 4 fully saturated rings. The molecule has 0 aromatic heterocycles. The maximum atomic E-state index is 13.3. The van der Waals surface area contributed by atoms with Crippen LogP contribution in [0.3, 0.4) is 0 Å². The van der Waals surface area contributed by atoms with Gasteiger partial charge in [0.25, 0.3) is 0 Å². The molecule has 9 atom stereocenters. The Bertz CT molecular complexity index is 921. The molecule has 0 spiro atoms. The highest BCUT2D eigenvalue weighted by atomic mass is 16.5. The van der Waals surface area contributed by atoms with Crippen LogP contribution in [0.25, 0.3) is 0 Å². The van der Waals surface area contributed by atoms with Gasteiger partial charge in [0.1, 0.15) is 6.10 Å². The second kappa shape index (κ2) is 19.6. The molecule has 0 N–H and O–H groups in total. The van der Waals surface area contributed by atoms with Gasteiger partial charge >= 0.3 is 5.97 Å². The predicted molar refractivity (Wildman–Crippen MR) is 202 cm³/mol. The van der Waals surface area contributed by atoms with Crippen molar-refractivity contribution in [2.75, 3.05) is 0 Å². The highest BCUT2D eigenvalue weighted by Gasteiger charge is 2.62. The van der Waals surface area contributed by atoms with Gasteiger partial charge in [0, 0.05) is 11.8 Å². The van der Waals surface area contributed by atoms with Gasteiger partial charge in [-0.25, -0.2) is 0 Å². The molecule has 2 nitrogen and oxygen atoms in total. The molecule has 0 saturated heterocycles. The van der Waals surface area contributed by atoms with Crippen molar-refractivity contribution in [3.8, 4) is 0 Å². The number of carbonyl (C=O) groups excluding carboxylic acids is 1. The average Bonchev–Trinajstić information content (AvgIpc) is 3.40. The van der Waals surface area contributed by atoms with Crippen LogP contribution in [0.1, 0.15) is 208 Å². The lowest BCUT2D eigenvalue weighted by Crippen LogP contribution is -2.58. The minimum Gasteiger partial charge on any atom is -0.462 e. The van der Waals surface area contributed by atoms with E-state index in [1.807, 2.05) is 0 Å². The van der Waals surface area contributed by atoms with Crippen molar-refractivity contribution in [2.24, 2.45) is 52.3 Å². The van der Waals surface area contributed by atoms with E-state index in [9.17, 15) is 4.79 Å². The smallest absolute Gasteiger partial charge is 0.306 e. The lowest BCUT2D eigenvalue weighted by atomic mass is 9.44. The molecular weight excluding hydrogens is 572 g/mol. The molecular formula is C45H80O2. The van der Waals surface area contributed by atoms with Crippen LogP contribution in [0.5, 0.6) is 0 Å². The third-order valence-corrected chi connectivity index (χ3v) is 14.8. The third kappa shape index (κ3) is 10.4. The summed E-state index contributed by atoms with van der Waals surface area (Å²) in [6.45, 7) is 14.9. The van der Waals surface area contributed by atoms with E-state index in [0.29, 0.717) is 11.8 Å². The molecule has 4 saturated carbocycles. The summed E-state index contributed by atoms with van der Waals surface area (Å²) in [7, 11) is 0. The largest absolute Gasteiger partial charge is 0.462 e. The van der Waals surface area contributed by atoms with E-state index in [-0.39, 0.29) is 17.5 Å². The van der Waals surface area contributed by atoms with E-state index in [2.05, 4.69) is 53.7 Å². The predicted octanol–water partition coefficient (Wildman–Crippen LogP) is 14.1. The first-order valence-electron chi connectivity index (χ1n) is 21.6. The number of hydrogen-bond donors (Lipinski definition) is 0. The van der Waals surface area contributed by atoms with E-state index in [1.54, 1.807) is 0 Å². The summed E-state index contributed by atoms with van der Waals surface area (Å²) < 4.78 is 6.54. The highest BCUT2D eigenvalue weighted by Crippen LogP contribution is 2.68. The van der Waals surface area contributed by atoms with Gasteiger partial charge in [-0.1, -0.05) is 124 Å². The minimum absolute atomic E-state index is 0.105. The van der Waals surface area contributed by atoms with Gasteiger partial charge in [-0.3, -0.25) is 4.79 Å². The Morgan fingerprint density at radius 1 is 0.723 bits per heavy atom. The van der Waals surface area contributed by atoms with Gasteiger partial charge in [-0.15, -0.1) is 0 Å². The SMILES string of the molecule is CCCCCCCC/C=C/CCCCCCCC(=O)OC1CCC[C@H]2CC[C@H]3[C@@H]4CC[C@H]([C@H](C)CCCC(C)C)[C@@]4(C)CC[C@@H]3[C@@]12C. The minimum atomic E-state index is 0.105. The zero-order chi connectivity index (χ0) is 33.7. The van der Waals surface area contributed by atoms with E-state index < -0.39 is 0 Å². The maximum Gasteiger partial charge on any atom is 0.306 e. The Morgan fingerprint density at radius 3 is 2.11 bits per heavy atom. The first kappa shape index (κ1) is 39.0. The van der Waals surface area contributed by atoms with Crippen LogP contribution in [0.15, 0.2) is 12.2 Å². The van der Waals surface area contributed by atoms with Crippen molar-refractivity contribution in [3.63, 3.8) is 0 Å². The van der Waals surface area contributed by atoms with Crippen molar-refractivity contribution in [1.82, 2.24) is 0 Å². The average molecular weight is 653 g/mol. The molecule has 0 amide bonds. The Morgan fingerprint density at radius 2 is 1.40 bits per heavy atom. The zero-order valence-corrected chi connectivity index (χ0v) is 32.5.